The second kappa shape index (κ2) is 3.73. The van der Waals surface area contributed by atoms with Crippen molar-refractivity contribution in [2.75, 3.05) is 0 Å². The molecule has 2 rings (SSSR count). The van der Waals surface area contributed by atoms with E-state index < -0.39 is 5.99 Å². The van der Waals surface area contributed by atoms with Crippen LogP contribution in [0.3, 0.4) is 0 Å². The summed E-state index contributed by atoms with van der Waals surface area (Å²) in [5, 5.41) is 1.61. The zero-order valence-electron chi connectivity index (χ0n) is 8.05. The summed E-state index contributed by atoms with van der Waals surface area (Å²) in [5.74, 6) is -4.79. The summed E-state index contributed by atoms with van der Waals surface area (Å²) in [6.07, 6.45) is 0. The van der Waals surface area contributed by atoms with E-state index in [9.17, 15) is 9.79 Å². The molecule has 86 valence electrons. The Hall–Kier alpha value is -0.570. The molecule has 3 nitrogen and oxygen atoms in total. The van der Waals surface area contributed by atoms with Gasteiger partial charge in [0.05, 0.1) is 0 Å². The molecule has 6 heteroatoms. The van der Waals surface area contributed by atoms with Crippen molar-refractivity contribution in [2.45, 2.75) is 0 Å². The van der Waals surface area contributed by atoms with Gasteiger partial charge < -0.3 is 0 Å². The van der Waals surface area contributed by atoms with Crippen molar-refractivity contribution in [3.63, 3.8) is 0 Å². The zero-order chi connectivity index (χ0) is 11.8. The molecule has 2 N–H and O–H groups in total. The minimum atomic E-state index is -5.03. The molecular weight excluding hydrogens is 270 g/mol. The number of rotatable bonds is 2. The van der Waals surface area contributed by atoms with Crippen molar-refractivity contribution in [2.24, 2.45) is 0 Å². The van der Waals surface area contributed by atoms with Gasteiger partial charge in [0, 0.05) is 0 Å². The standard InChI is InChI=1S/C10H9Cl2O3P/c11-16(12,13,14)15-10-7-3-5-8-4-1-2-6-9(8)10/h1-7,13-14H. The van der Waals surface area contributed by atoms with Crippen LogP contribution in [0.15, 0.2) is 42.5 Å². The van der Waals surface area contributed by atoms with Crippen molar-refractivity contribution in [1.82, 2.24) is 0 Å². The minimum absolute atomic E-state index is 0.241. The molecule has 0 aliphatic carbocycles. The quantitative estimate of drug-likeness (QED) is 0.822. The average molecular weight is 279 g/mol. The van der Waals surface area contributed by atoms with E-state index >= 15 is 0 Å². The fourth-order valence-electron chi connectivity index (χ4n) is 1.44. The third-order valence-corrected chi connectivity index (χ3v) is 2.91. The van der Waals surface area contributed by atoms with Crippen molar-refractivity contribution in [1.29, 1.82) is 0 Å². The fourth-order valence-corrected chi connectivity index (χ4v) is 2.37. The Kier molecular flexibility index (Phi) is 2.77. The Morgan fingerprint density at radius 2 is 1.56 bits per heavy atom. The van der Waals surface area contributed by atoms with Crippen molar-refractivity contribution >= 4 is 39.2 Å². The molecule has 0 unspecified atom stereocenters. The molecule has 0 radical (unpaired) electrons. The van der Waals surface area contributed by atoms with Crippen LogP contribution in [0.2, 0.25) is 0 Å². The summed E-state index contributed by atoms with van der Waals surface area (Å²) in [6, 6.07) is 12.5. The summed E-state index contributed by atoms with van der Waals surface area (Å²) >= 11 is 10.6. The molecule has 0 aliphatic heterocycles. The third-order valence-electron chi connectivity index (χ3n) is 2.00. The van der Waals surface area contributed by atoms with Gasteiger partial charge in [0.15, 0.2) is 0 Å². The number of fused-ring (bicyclic) bond motifs is 1. The summed E-state index contributed by atoms with van der Waals surface area (Å²) in [6.45, 7) is 0. The zero-order valence-corrected chi connectivity index (χ0v) is 10.5. The van der Waals surface area contributed by atoms with E-state index in [-0.39, 0.29) is 5.75 Å². The van der Waals surface area contributed by atoms with E-state index in [0.717, 1.165) is 5.39 Å². The topological polar surface area (TPSA) is 49.7 Å². The normalized spacial score (nSPS) is 14.4. The molecule has 0 aliphatic rings. The molecule has 0 fully saturated rings. The summed E-state index contributed by atoms with van der Waals surface area (Å²) in [5.41, 5.74) is 0. The monoisotopic (exact) mass is 278 g/mol. The molecule has 0 saturated heterocycles. The molecule has 0 atom stereocenters. The molecule has 2 aromatic carbocycles. The van der Waals surface area contributed by atoms with Crippen LogP contribution in [0.1, 0.15) is 0 Å². The Morgan fingerprint density at radius 1 is 0.938 bits per heavy atom. The summed E-state index contributed by atoms with van der Waals surface area (Å²) in [4.78, 5) is 18.6. The van der Waals surface area contributed by atoms with E-state index in [1.165, 1.54) is 0 Å². The van der Waals surface area contributed by atoms with Gasteiger partial charge in [-0.15, -0.1) is 0 Å². The van der Waals surface area contributed by atoms with Crippen LogP contribution < -0.4 is 4.52 Å². The number of hydrogen-bond acceptors (Lipinski definition) is 3. The van der Waals surface area contributed by atoms with Gasteiger partial charge in [-0.25, -0.2) is 0 Å². The van der Waals surface area contributed by atoms with Gasteiger partial charge in [-0.1, -0.05) is 0 Å². The second-order valence-electron chi connectivity index (χ2n) is 3.33. The maximum absolute atomic E-state index is 9.29. The Labute approximate surface area is 102 Å². The van der Waals surface area contributed by atoms with Gasteiger partial charge in [-0.3, -0.25) is 0 Å². The molecular formula is C10H9Cl2O3P. The third kappa shape index (κ3) is 2.97. The van der Waals surface area contributed by atoms with Crippen molar-refractivity contribution in [3.8, 4) is 5.75 Å². The van der Waals surface area contributed by atoms with Crippen molar-refractivity contribution < 1.29 is 14.3 Å². The fraction of sp³-hybridized carbons (Fsp3) is 0. The van der Waals surface area contributed by atoms with E-state index in [0.29, 0.717) is 5.39 Å². The van der Waals surface area contributed by atoms with Crippen LogP contribution in [-0.2, 0) is 0 Å². The van der Waals surface area contributed by atoms with Gasteiger partial charge in [-0.2, -0.15) is 0 Å². The Bertz CT molecular complexity index is 522. The summed E-state index contributed by atoms with van der Waals surface area (Å²) < 4.78 is 4.87. The molecule has 0 bridgehead atoms. The van der Waals surface area contributed by atoms with Gasteiger partial charge in [0.1, 0.15) is 0 Å². The van der Waals surface area contributed by atoms with Crippen LogP contribution in [-0.4, -0.2) is 9.79 Å². The predicted molar refractivity (Wildman–Crippen MR) is 67.6 cm³/mol. The molecule has 0 spiro atoms. The van der Waals surface area contributed by atoms with Crippen LogP contribution >= 0.6 is 28.5 Å². The van der Waals surface area contributed by atoms with Crippen LogP contribution in [0.5, 0.6) is 5.75 Å². The average Bonchev–Trinajstić information content (AvgIpc) is 2.15. The first kappa shape index (κ1) is 11.9. The number of hydrogen-bond donors (Lipinski definition) is 2. The SMILES string of the molecule is OP(O)(Cl)(Cl)Oc1cccc2ccccc12. The maximum atomic E-state index is 9.29. The van der Waals surface area contributed by atoms with Gasteiger partial charge >= 0.3 is 102 Å². The molecule has 0 aromatic heterocycles. The van der Waals surface area contributed by atoms with Crippen LogP contribution in [0, 0.1) is 0 Å². The van der Waals surface area contributed by atoms with Crippen LogP contribution in [0.25, 0.3) is 10.8 Å². The molecule has 0 heterocycles. The van der Waals surface area contributed by atoms with E-state index in [2.05, 4.69) is 0 Å². The van der Waals surface area contributed by atoms with E-state index in [4.69, 9.17) is 27.0 Å². The summed E-state index contributed by atoms with van der Waals surface area (Å²) in [7, 11) is 0. The number of benzene rings is 2. The van der Waals surface area contributed by atoms with Gasteiger partial charge in [0.2, 0.25) is 0 Å². The second-order valence-corrected chi connectivity index (χ2v) is 9.20. The van der Waals surface area contributed by atoms with Gasteiger partial charge in [-0.05, 0) is 0 Å². The first-order valence-corrected chi connectivity index (χ1v) is 8.32. The predicted octanol–water partition coefficient (Wildman–Crippen LogP) is 3.81. The van der Waals surface area contributed by atoms with Crippen molar-refractivity contribution in [3.05, 3.63) is 42.5 Å². The van der Waals surface area contributed by atoms with Gasteiger partial charge in [0.25, 0.3) is 0 Å². The van der Waals surface area contributed by atoms with Crippen LogP contribution in [0.4, 0.5) is 0 Å². The van der Waals surface area contributed by atoms with E-state index in [1.807, 2.05) is 18.2 Å². The Balaban J connectivity index is 2.54. The molecule has 0 saturated carbocycles. The Morgan fingerprint density at radius 3 is 2.25 bits per heavy atom. The molecule has 2 aromatic rings. The number of halogens is 2. The first-order valence-electron chi connectivity index (χ1n) is 4.45. The van der Waals surface area contributed by atoms with E-state index in [1.54, 1.807) is 24.3 Å². The molecule has 0 amide bonds. The first-order chi connectivity index (χ1) is 7.31. The molecule has 16 heavy (non-hydrogen) atoms.